The number of hydrogen-bond acceptors (Lipinski definition) is 5. The van der Waals surface area contributed by atoms with Crippen molar-refractivity contribution in [3.63, 3.8) is 0 Å². The van der Waals surface area contributed by atoms with Gasteiger partial charge < -0.3 is 14.6 Å². The van der Waals surface area contributed by atoms with E-state index in [9.17, 15) is 9.90 Å². The summed E-state index contributed by atoms with van der Waals surface area (Å²) in [5.74, 6) is -1.33. The van der Waals surface area contributed by atoms with Gasteiger partial charge in [-0.2, -0.15) is 0 Å². The molecule has 0 saturated heterocycles. The molecule has 0 amide bonds. The number of aliphatic hydroxyl groups is 1. The molecule has 5 nitrogen and oxygen atoms in total. The second kappa shape index (κ2) is 11.9. The van der Waals surface area contributed by atoms with Crippen LogP contribution in [0.5, 0.6) is 5.75 Å². The Kier molecular flexibility index (Phi) is 8.81. The topological polar surface area (TPSA) is 59.0 Å². The van der Waals surface area contributed by atoms with Gasteiger partial charge in [0.25, 0.3) is 0 Å². The number of aryl methyl sites for hydroxylation is 3. The summed E-state index contributed by atoms with van der Waals surface area (Å²) in [5, 5.41) is 12.5. The summed E-state index contributed by atoms with van der Waals surface area (Å²) in [7, 11) is 2.08. The van der Waals surface area contributed by atoms with Gasteiger partial charge in [-0.15, -0.1) is 0 Å². The van der Waals surface area contributed by atoms with Crippen LogP contribution in [-0.4, -0.2) is 47.3 Å². The Morgan fingerprint density at radius 2 is 1.73 bits per heavy atom. The molecule has 0 saturated carbocycles. The van der Waals surface area contributed by atoms with E-state index in [0.29, 0.717) is 17.3 Å². The first-order valence-electron chi connectivity index (χ1n) is 15.6. The first-order valence-corrected chi connectivity index (χ1v) is 15.0. The standard InChI is InChI=1S/C35H52ClNO4/c1-20(2)25(7)41-32(38)26(8)40-31-22(4)18-27-16-17-35(12,33(9,10)30(27)24(31)6)37(13)19-34(11,39)29-21(3)14-15-28(36)23(29)5/h14-15,18,20,25-26,39H,16-17,19H2,1-13H3/t25?,26?,34-,35-/m0/s1/i20D,25D. The second-order valence-corrected chi connectivity index (χ2v) is 13.7. The van der Waals surface area contributed by atoms with Crippen molar-refractivity contribution in [2.45, 2.75) is 125 Å². The predicted molar refractivity (Wildman–Crippen MR) is 169 cm³/mol. The van der Waals surface area contributed by atoms with Crippen LogP contribution in [0.1, 0.15) is 103 Å². The molecule has 1 N–H and O–H groups in total. The van der Waals surface area contributed by atoms with Crippen LogP contribution in [0.3, 0.4) is 0 Å². The van der Waals surface area contributed by atoms with Gasteiger partial charge in [-0.3, -0.25) is 4.90 Å². The number of halogens is 1. The van der Waals surface area contributed by atoms with Crippen molar-refractivity contribution in [3.05, 3.63) is 62.2 Å². The average molecular weight is 588 g/mol. The van der Waals surface area contributed by atoms with Gasteiger partial charge in [-0.05, 0) is 126 Å². The first-order chi connectivity index (χ1) is 19.4. The molecule has 2 aromatic carbocycles. The van der Waals surface area contributed by atoms with E-state index in [-0.39, 0.29) is 11.0 Å². The van der Waals surface area contributed by atoms with Crippen molar-refractivity contribution in [2.75, 3.05) is 13.6 Å². The van der Waals surface area contributed by atoms with Crippen molar-refractivity contribution in [1.29, 1.82) is 0 Å². The van der Waals surface area contributed by atoms with E-state index in [4.69, 9.17) is 23.8 Å². The third-order valence-electron chi connectivity index (χ3n) is 9.76. The molecule has 1 aliphatic carbocycles. The van der Waals surface area contributed by atoms with Crippen LogP contribution in [0, 0.1) is 33.6 Å². The first kappa shape index (κ1) is 30.4. The van der Waals surface area contributed by atoms with Crippen LogP contribution >= 0.6 is 11.6 Å². The van der Waals surface area contributed by atoms with Gasteiger partial charge in [0.2, 0.25) is 0 Å². The number of benzene rings is 2. The van der Waals surface area contributed by atoms with E-state index >= 15 is 0 Å². The Morgan fingerprint density at radius 1 is 1.12 bits per heavy atom. The summed E-state index contributed by atoms with van der Waals surface area (Å²) in [6.45, 7) is 23.2. The number of likely N-dealkylation sites (N-methyl/N-ethyl adjacent to an activating group) is 1. The normalized spacial score (nSPS) is 23.0. The van der Waals surface area contributed by atoms with Gasteiger partial charge in [0.1, 0.15) is 17.4 Å². The quantitative estimate of drug-likeness (QED) is 0.304. The lowest BCUT2D eigenvalue weighted by Gasteiger charge is -2.56. The van der Waals surface area contributed by atoms with Gasteiger partial charge in [-0.1, -0.05) is 51.4 Å². The lowest BCUT2D eigenvalue weighted by Crippen LogP contribution is -2.61. The fourth-order valence-corrected chi connectivity index (χ4v) is 7.01. The molecule has 4 atom stereocenters. The minimum absolute atomic E-state index is 0.320. The Labute approximate surface area is 256 Å². The number of hydrogen-bond donors (Lipinski definition) is 1. The summed E-state index contributed by atoms with van der Waals surface area (Å²) in [6, 6.07) is 6.00. The highest BCUT2D eigenvalue weighted by atomic mass is 35.5. The number of β-amino-alcohol motifs (C(OH)–C–C–N with tert-alkyl or cyclic N) is 1. The van der Waals surface area contributed by atoms with E-state index in [1.165, 1.54) is 18.1 Å². The van der Waals surface area contributed by atoms with Crippen LogP contribution in [0.4, 0.5) is 0 Å². The van der Waals surface area contributed by atoms with Gasteiger partial charge in [0.05, 0.1) is 1.37 Å². The minimum atomic E-state index is -1.72. The molecule has 0 spiro atoms. The van der Waals surface area contributed by atoms with Gasteiger partial charge in [0.15, 0.2) is 6.10 Å². The third-order valence-corrected chi connectivity index (χ3v) is 10.2. The van der Waals surface area contributed by atoms with E-state index in [1.54, 1.807) is 20.8 Å². The Morgan fingerprint density at radius 3 is 2.32 bits per heavy atom. The largest absolute Gasteiger partial charge is 0.478 e. The molecule has 0 aromatic heterocycles. The molecule has 2 aromatic rings. The zero-order valence-electron chi connectivity index (χ0n) is 29.4. The zero-order valence-corrected chi connectivity index (χ0v) is 28.2. The van der Waals surface area contributed by atoms with Gasteiger partial charge >= 0.3 is 5.97 Å². The molecule has 2 unspecified atom stereocenters. The minimum Gasteiger partial charge on any atom is -0.478 e. The highest BCUT2D eigenvalue weighted by Crippen LogP contribution is 2.51. The fraction of sp³-hybridized carbons (Fsp3) is 0.629. The number of rotatable bonds is 9. The van der Waals surface area contributed by atoms with E-state index in [2.05, 4.69) is 38.8 Å². The van der Waals surface area contributed by atoms with Crippen LogP contribution in [0.25, 0.3) is 0 Å². The highest BCUT2D eigenvalue weighted by molar-refractivity contribution is 6.31. The maximum atomic E-state index is 13.0. The molecule has 0 aliphatic heterocycles. The molecule has 3 rings (SSSR count). The van der Waals surface area contributed by atoms with Crippen molar-refractivity contribution < 1.29 is 22.1 Å². The van der Waals surface area contributed by atoms with Crippen molar-refractivity contribution in [1.82, 2.24) is 4.90 Å². The molecule has 6 heteroatoms. The third kappa shape index (κ3) is 6.19. The van der Waals surface area contributed by atoms with Crippen molar-refractivity contribution in [3.8, 4) is 5.75 Å². The fourth-order valence-electron chi connectivity index (χ4n) is 6.85. The second-order valence-electron chi connectivity index (χ2n) is 13.3. The molecule has 1 aliphatic rings. The average Bonchev–Trinajstić information content (AvgIpc) is 2.84. The molecule has 0 fully saturated rings. The molecule has 0 heterocycles. The Hall–Kier alpha value is -2.08. The summed E-state index contributed by atoms with van der Waals surface area (Å²) in [4.78, 5) is 15.3. The van der Waals surface area contributed by atoms with Gasteiger partial charge in [-0.25, -0.2) is 4.79 Å². The van der Waals surface area contributed by atoms with E-state index in [0.717, 1.165) is 40.7 Å². The lowest BCUT2D eigenvalue weighted by molar-refractivity contribution is -0.157. The molecular weight excluding hydrogens is 534 g/mol. The van der Waals surface area contributed by atoms with Crippen molar-refractivity contribution >= 4 is 17.6 Å². The molecule has 228 valence electrons. The molecular formula is C35H52ClNO4. The maximum Gasteiger partial charge on any atom is 0.347 e. The number of nitrogens with zero attached hydrogens (tertiary/aromatic N) is 1. The lowest BCUT2D eigenvalue weighted by atomic mass is 9.59. The van der Waals surface area contributed by atoms with Gasteiger partial charge in [0, 0.05) is 23.9 Å². The predicted octanol–water partition coefficient (Wildman–Crippen LogP) is 7.75. The summed E-state index contributed by atoms with van der Waals surface area (Å²) in [5.41, 5.74) is 5.34. The summed E-state index contributed by atoms with van der Waals surface area (Å²) in [6.07, 6.45) is -0.909. The smallest absolute Gasteiger partial charge is 0.347 e. The Balaban J connectivity index is 1.97. The highest BCUT2D eigenvalue weighted by Gasteiger charge is 2.51. The number of ether oxygens (including phenoxy) is 2. The molecule has 0 radical (unpaired) electrons. The zero-order chi connectivity index (χ0) is 33.1. The van der Waals surface area contributed by atoms with E-state index < -0.39 is 29.6 Å². The summed E-state index contributed by atoms with van der Waals surface area (Å²) >= 11 is 6.47. The van der Waals surface area contributed by atoms with Crippen LogP contribution in [-0.2, 0) is 27.0 Å². The number of carbonyl (C=O) groups excluding carboxylic acids is 1. The van der Waals surface area contributed by atoms with Crippen LogP contribution in [0.2, 0.25) is 5.02 Å². The number of esters is 1. The van der Waals surface area contributed by atoms with E-state index in [1.807, 2.05) is 46.8 Å². The Bertz CT molecular complexity index is 1400. The molecule has 0 bridgehead atoms. The summed E-state index contributed by atoms with van der Waals surface area (Å²) < 4.78 is 28.2. The monoisotopic (exact) mass is 587 g/mol. The van der Waals surface area contributed by atoms with Crippen molar-refractivity contribution in [2.24, 2.45) is 5.89 Å². The number of fused-ring (bicyclic) bond motifs is 1. The molecule has 41 heavy (non-hydrogen) atoms. The maximum absolute atomic E-state index is 13.0. The van der Waals surface area contributed by atoms with Crippen LogP contribution < -0.4 is 4.74 Å². The SMILES string of the molecule is [2H]C(C)(C)C([2H])(C)OC(=O)C(C)Oc1c(C)cc2c(c1C)C(C)(C)[C@@](C)(N(C)C[C@](C)(O)c1c(C)ccc(Cl)c1C)CC2. The number of carbonyl (C=O) groups is 1. The van der Waals surface area contributed by atoms with Crippen LogP contribution in [0.15, 0.2) is 18.2 Å².